The summed E-state index contributed by atoms with van der Waals surface area (Å²) in [4.78, 5) is 0. The molecule has 6 heteroatoms. The van der Waals surface area contributed by atoms with Crippen molar-refractivity contribution < 1.29 is 41.7 Å². The molecule has 0 saturated heterocycles. The normalized spacial score (nSPS) is 27.0. The van der Waals surface area contributed by atoms with Gasteiger partial charge in [0.05, 0.1) is 0 Å². The minimum Gasteiger partial charge on any atom is -0.0617 e. The van der Waals surface area contributed by atoms with Crippen LogP contribution in [0, 0.1) is 77.0 Å². The maximum atomic E-state index is 4.93. The summed E-state index contributed by atoms with van der Waals surface area (Å²) >= 11 is -1.65. The number of halogens is 4. The van der Waals surface area contributed by atoms with Crippen molar-refractivity contribution in [3.05, 3.63) is 65.1 Å². The van der Waals surface area contributed by atoms with Crippen LogP contribution in [0.5, 0.6) is 0 Å². The molecule has 6 atom stereocenters. The van der Waals surface area contributed by atoms with E-state index in [1.54, 1.807) is 11.1 Å². The van der Waals surface area contributed by atoms with Crippen molar-refractivity contribution in [3.63, 3.8) is 0 Å². The molecule has 6 aliphatic carbocycles. The fourth-order valence-electron chi connectivity index (χ4n) is 11.1. The monoisotopic (exact) mass is 954 g/mol. The Morgan fingerprint density at radius 1 is 0.481 bits per heavy atom. The molecule has 0 aromatic heterocycles. The Balaban J connectivity index is 0. The van der Waals surface area contributed by atoms with Crippen LogP contribution in [0.2, 0.25) is 0 Å². The largest absolute Gasteiger partial charge is 0.0617 e. The van der Waals surface area contributed by atoms with Crippen LogP contribution in [-0.2, 0) is 54.5 Å². The van der Waals surface area contributed by atoms with Crippen LogP contribution < -0.4 is 0 Å². The molecule has 0 radical (unpaired) electrons. The third kappa shape index (κ3) is 21.2. The first kappa shape index (κ1) is 56.2. The van der Waals surface area contributed by atoms with Crippen LogP contribution in [0.1, 0.15) is 179 Å². The molecule has 0 heterocycles. The van der Waals surface area contributed by atoms with Gasteiger partial charge in [0.1, 0.15) is 0 Å². The van der Waals surface area contributed by atoms with Gasteiger partial charge in [0, 0.05) is 0 Å². The van der Waals surface area contributed by atoms with Gasteiger partial charge >= 0.3 is 75.7 Å². The Kier molecular flexibility index (Phi) is 38.0. The van der Waals surface area contributed by atoms with Crippen molar-refractivity contribution >= 4 is 34.1 Å². The van der Waals surface area contributed by atoms with Gasteiger partial charge in [-0.1, -0.05) is 154 Å². The van der Waals surface area contributed by atoms with E-state index >= 15 is 0 Å². The van der Waals surface area contributed by atoms with Crippen LogP contribution >= 0.6 is 34.1 Å². The van der Waals surface area contributed by atoms with E-state index in [-0.39, 0.29) is 29.7 Å². The molecule has 0 nitrogen and oxygen atoms in total. The maximum absolute atomic E-state index is 4.93. The van der Waals surface area contributed by atoms with Gasteiger partial charge < -0.3 is 29.7 Å². The van der Waals surface area contributed by atoms with Gasteiger partial charge in [-0.2, -0.15) is 0 Å². The molecule has 0 aliphatic heterocycles. The molecule has 0 amide bonds. The molecule has 1 aromatic rings. The Hall–Kier alpha value is 2.15. The van der Waals surface area contributed by atoms with E-state index in [1.807, 2.05) is 0 Å². The van der Waals surface area contributed by atoms with E-state index in [2.05, 4.69) is 38.1 Å². The quantitative estimate of drug-likeness (QED) is 0.228. The zero-order chi connectivity index (χ0) is 34.4. The predicted molar refractivity (Wildman–Crippen MR) is 233 cm³/mol. The van der Waals surface area contributed by atoms with Gasteiger partial charge in [0.15, 0.2) is 0 Å². The second-order valence-corrected chi connectivity index (χ2v) is 23.8. The fourth-order valence-corrected chi connectivity index (χ4v) is 11.1. The number of benzene rings is 1. The van der Waals surface area contributed by atoms with Crippen LogP contribution in [-0.4, -0.2) is 0 Å². The second kappa shape index (κ2) is 35.1. The molecule has 6 fully saturated rings. The van der Waals surface area contributed by atoms with Crippen molar-refractivity contribution in [3.8, 4) is 0 Å². The summed E-state index contributed by atoms with van der Waals surface area (Å²) < 4.78 is 0. The topological polar surface area (TPSA) is 0 Å². The smallest absolute Gasteiger partial charge is 0.0248 e. The number of hydrogen-bond acceptors (Lipinski definition) is 0. The third-order valence-corrected chi connectivity index (χ3v) is 13.3. The van der Waals surface area contributed by atoms with Crippen molar-refractivity contribution in [2.45, 2.75) is 181 Å². The summed E-state index contributed by atoms with van der Waals surface area (Å²) in [5.74, 6) is 8.49. The number of hydrogen-bond donors (Lipinski definition) is 0. The first-order valence-electron chi connectivity index (χ1n) is 20.6. The van der Waals surface area contributed by atoms with Gasteiger partial charge in [0.25, 0.3) is 0 Å². The Morgan fingerprint density at radius 3 is 1.15 bits per heavy atom. The molecular formula is C46H82Cl4Zr2. The third-order valence-electron chi connectivity index (χ3n) is 13.3. The SMILES string of the molecule is CCCC1CCCC1.CCCC1CCCC1.[CH3-].[CH3-].[CH3-].[CH3-].[Cl][Zr+2][Cl].[Cl][Zr+2][Cl].c1cc(CC2CCC3CCCCC32)cc(CC2CCC3CCCCC32)c1. The summed E-state index contributed by atoms with van der Waals surface area (Å²) in [5, 5.41) is 0. The Labute approximate surface area is 365 Å². The zero-order valence-electron chi connectivity index (χ0n) is 34.8. The van der Waals surface area contributed by atoms with E-state index < -0.39 is 41.7 Å². The molecule has 6 unspecified atom stereocenters. The zero-order valence-corrected chi connectivity index (χ0v) is 42.8. The summed E-state index contributed by atoms with van der Waals surface area (Å²) in [6, 6.07) is 9.83. The Morgan fingerprint density at radius 2 is 0.808 bits per heavy atom. The summed E-state index contributed by atoms with van der Waals surface area (Å²) in [5.41, 5.74) is 3.30. The average molecular weight is 959 g/mol. The summed E-state index contributed by atoms with van der Waals surface area (Å²) in [7, 11) is 19.7. The van der Waals surface area contributed by atoms with Gasteiger partial charge in [0.2, 0.25) is 0 Å². The van der Waals surface area contributed by atoms with E-state index in [1.165, 1.54) is 167 Å². The van der Waals surface area contributed by atoms with E-state index in [0.29, 0.717) is 0 Å². The summed E-state index contributed by atoms with van der Waals surface area (Å²) in [6.07, 6.45) is 38.8. The molecule has 1 aromatic carbocycles. The van der Waals surface area contributed by atoms with E-state index in [4.69, 9.17) is 34.1 Å². The minimum absolute atomic E-state index is 0. The number of rotatable bonds is 8. The van der Waals surface area contributed by atoms with Gasteiger partial charge in [-0.15, -0.1) is 0 Å². The van der Waals surface area contributed by atoms with Crippen molar-refractivity contribution in [1.29, 1.82) is 0 Å². The molecule has 0 bridgehead atoms. The average Bonchev–Trinajstić information content (AvgIpc) is 3.93. The van der Waals surface area contributed by atoms with Gasteiger partial charge in [-0.3, -0.25) is 0 Å². The predicted octanol–water partition coefficient (Wildman–Crippen LogP) is 17.7. The molecule has 6 saturated carbocycles. The van der Waals surface area contributed by atoms with E-state index in [0.717, 1.165) is 47.3 Å². The molecule has 6 aliphatic rings. The molecule has 0 spiro atoms. The first-order chi connectivity index (χ1) is 23.6. The first-order valence-corrected chi connectivity index (χ1v) is 33.2. The standard InChI is InChI=1S/C26H38.2C8H16.4CH3.4ClH.2Zr/c1-3-10-25-21(8-1)12-14-23(25)17-19-6-5-7-20(16-19)18-24-15-13-22-9-2-4-11-26(22)24;2*1-2-5-8-6-3-4-7-8;;;;;;;;;;/h5-7,16,21-26H,1-4,8-15,17-18H2;2*8H,2-7H2,1H3;4*1H3;4*1H;;/q;;;4*-1;;;;;2*+4/p-4. The number of fused-ring (bicyclic) bond motifs is 2. The Bertz CT molecular complexity index is 850. The second-order valence-electron chi connectivity index (χ2n) is 16.3. The van der Waals surface area contributed by atoms with Crippen molar-refractivity contribution in [2.24, 2.45) is 47.3 Å². The van der Waals surface area contributed by atoms with E-state index in [9.17, 15) is 0 Å². The van der Waals surface area contributed by atoms with Crippen LogP contribution in [0.4, 0.5) is 0 Å². The van der Waals surface area contributed by atoms with Crippen LogP contribution in [0.15, 0.2) is 24.3 Å². The molecule has 0 N–H and O–H groups in total. The fraction of sp³-hybridized carbons (Fsp3) is 0.783. The van der Waals surface area contributed by atoms with Gasteiger partial charge in [-0.05, 0) is 110 Å². The molecule has 7 rings (SSSR count). The van der Waals surface area contributed by atoms with Crippen LogP contribution in [0.25, 0.3) is 0 Å². The van der Waals surface area contributed by atoms with Crippen LogP contribution in [0.3, 0.4) is 0 Å². The van der Waals surface area contributed by atoms with Crippen molar-refractivity contribution in [2.75, 3.05) is 0 Å². The molecule has 302 valence electrons. The summed E-state index contributed by atoms with van der Waals surface area (Å²) in [6.45, 7) is 4.58. The van der Waals surface area contributed by atoms with Gasteiger partial charge in [-0.25, -0.2) is 0 Å². The molecular weight excluding hydrogens is 877 g/mol. The van der Waals surface area contributed by atoms with Crippen molar-refractivity contribution in [1.82, 2.24) is 0 Å². The minimum atomic E-state index is -0.826. The molecule has 52 heavy (non-hydrogen) atoms. The maximum Gasteiger partial charge on any atom is -0.0248 e.